The van der Waals surface area contributed by atoms with Gasteiger partial charge in [-0.15, -0.1) is 0 Å². The molecule has 0 atom stereocenters. The summed E-state index contributed by atoms with van der Waals surface area (Å²) in [6, 6.07) is 1.93. The van der Waals surface area contributed by atoms with Gasteiger partial charge in [-0.3, -0.25) is 9.59 Å². The Kier molecular flexibility index (Phi) is 6.66. The van der Waals surface area contributed by atoms with E-state index in [9.17, 15) is 35.9 Å². The molecular formula is C21H18F6O4S2. The maximum absolute atomic E-state index is 14.9. The number of allylic oxidation sites excluding steroid dienone is 2. The molecule has 2 aromatic rings. The first-order chi connectivity index (χ1) is 15.1. The molecule has 0 bridgehead atoms. The molecule has 0 spiro atoms. The van der Waals surface area contributed by atoms with Gasteiger partial charge in [-0.05, 0) is 26.0 Å². The quantitative estimate of drug-likeness (QED) is 0.394. The van der Waals surface area contributed by atoms with Crippen LogP contribution in [0.5, 0.6) is 0 Å². The van der Waals surface area contributed by atoms with Gasteiger partial charge in [0.1, 0.15) is 23.0 Å². The molecule has 2 aromatic heterocycles. The van der Waals surface area contributed by atoms with Crippen LogP contribution in [0.25, 0.3) is 11.1 Å². The number of furan rings is 2. The molecule has 0 saturated heterocycles. The van der Waals surface area contributed by atoms with Gasteiger partial charge in [0.05, 0.1) is 11.5 Å². The molecule has 33 heavy (non-hydrogen) atoms. The Morgan fingerprint density at radius 1 is 0.758 bits per heavy atom. The summed E-state index contributed by atoms with van der Waals surface area (Å²) in [5.74, 6) is -16.9. The topological polar surface area (TPSA) is 60.4 Å². The van der Waals surface area contributed by atoms with Crippen LogP contribution in [0, 0.1) is 13.8 Å². The number of hydrogen-bond donors (Lipinski definition) is 0. The number of carbonyl (C=O) groups excluding carboxylic acids is 2. The highest BCUT2D eigenvalue weighted by molar-refractivity contribution is 8.13. The van der Waals surface area contributed by atoms with Gasteiger partial charge in [-0.25, -0.2) is 0 Å². The molecular weight excluding hydrogens is 494 g/mol. The molecule has 0 N–H and O–H groups in total. The maximum atomic E-state index is 14.9. The van der Waals surface area contributed by atoms with E-state index in [0.29, 0.717) is 0 Å². The number of hydrogen-bond acceptors (Lipinski definition) is 6. The molecule has 0 amide bonds. The second-order valence-corrected chi connectivity index (χ2v) is 9.70. The third-order valence-electron chi connectivity index (χ3n) is 4.98. The minimum Gasteiger partial charge on any atom is -0.465 e. The summed E-state index contributed by atoms with van der Waals surface area (Å²) >= 11 is 1.56. The van der Waals surface area contributed by atoms with Crippen molar-refractivity contribution < 1.29 is 44.8 Å². The number of thioether (sulfide) groups is 2. The highest BCUT2D eigenvalue weighted by Crippen LogP contribution is 2.65. The van der Waals surface area contributed by atoms with E-state index in [2.05, 4.69) is 0 Å². The Morgan fingerprint density at radius 3 is 1.39 bits per heavy atom. The smallest absolute Gasteiger partial charge is 0.380 e. The van der Waals surface area contributed by atoms with Crippen molar-refractivity contribution in [1.29, 1.82) is 0 Å². The monoisotopic (exact) mass is 512 g/mol. The lowest BCUT2D eigenvalue weighted by Gasteiger charge is -2.25. The molecule has 180 valence electrons. The van der Waals surface area contributed by atoms with Crippen molar-refractivity contribution in [2.24, 2.45) is 0 Å². The van der Waals surface area contributed by atoms with E-state index >= 15 is 0 Å². The number of aryl methyl sites for hydroxylation is 2. The fourth-order valence-electron chi connectivity index (χ4n) is 3.50. The molecule has 0 saturated carbocycles. The van der Waals surface area contributed by atoms with Crippen LogP contribution in [0.3, 0.4) is 0 Å². The van der Waals surface area contributed by atoms with Gasteiger partial charge in [0.15, 0.2) is 10.2 Å². The van der Waals surface area contributed by atoms with Crippen molar-refractivity contribution in [2.75, 3.05) is 0 Å². The van der Waals surface area contributed by atoms with Crippen LogP contribution in [-0.4, -0.2) is 28.0 Å². The third-order valence-corrected chi connectivity index (χ3v) is 6.65. The fraction of sp³-hybridized carbons (Fsp3) is 0.429. The molecule has 2 heterocycles. The van der Waals surface area contributed by atoms with E-state index in [4.69, 9.17) is 8.83 Å². The zero-order chi connectivity index (χ0) is 24.9. The molecule has 0 unspecified atom stereocenters. The molecule has 1 aliphatic carbocycles. The molecule has 4 nitrogen and oxygen atoms in total. The predicted octanol–water partition coefficient (Wildman–Crippen LogP) is 6.88. The lowest BCUT2D eigenvalue weighted by Crippen LogP contribution is -2.48. The Balaban J connectivity index is 2.24. The SMILES string of the molecule is CC(=O)SCc1cc(C2=C(c3cc(CSC(C)=O)oc3C)C(F)(F)C(F)(F)C2(F)F)c(C)o1. The van der Waals surface area contributed by atoms with Crippen molar-refractivity contribution in [1.82, 2.24) is 0 Å². The Bertz CT molecular complexity index is 1060. The van der Waals surface area contributed by atoms with Crippen molar-refractivity contribution in [2.45, 2.75) is 57.0 Å². The van der Waals surface area contributed by atoms with Crippen molar-refractivity contribution in [3.05, 3.63) is 46.3 Å². The van der Waals surface area contributed by atoms with Crippen LogP contribution in [-0.2, 0) is 21.1 Å². The third kappa shape index (κ3) is 4.27. The molecule has 12 heteroatoms. The molecule has 0 aliphatic heterocycles. The summed E-state index contributed by atoms with van der Waals surface area (Å²) in [5, 5.41) is -0.612. The van der Waals surface area contributed by atoms with Crippen molar-refractivity contribution in [3.63, 3.8) is 0 Å². The van der Waals surface area contributed by atoms with Crippen LogP contribution in [0.15, 0.2) is 21.0 Å². The van der Waals surface area contributed by atoms with Gasteiger partial charge in [-0.2, -0.15) is 26.3 Å². The lowest BCUT2D eigenvalue weighted by atomic mass is 9.95. The van der Waals surface area contributed by atoms with Gasteiger partial charge < -0.3 is 8.83 Å². The number of rotatable bonds is 6. The highest BCUT2D eigenvalue weighted by Gasteiger charge is 2.80. The van der Waals surface area contributed by atoms with E-state index in [0.717, 1.165) is 35.7 Å². The van der Waals surface area contributed by atoms with Gasteiger partial charge in [0.25, 0.3) is 0 Å². The van der Waals surface area contributed by atoms with Crippen molar-refractivity contribution in [3.8, 4) is 0 Å². The van der Waals surface area contributed by atoms with Gasteiger partial charge in [-0.1, -0.05) is 23.5 Å². The lowest BCUT2D eigenvalue weighted by molar-refractivity contribution is -0.254. The zero-order valence-electron chi connectivity index (χ0n) is 17.8. The Hall–Kier alpha value is -2.08. The van der Waals surface area contributed by atoms with E-state index in [1.807, 2.05) is 0 Å². The maximum Gasteiger partial charge on any atom is 0.380 e. The van der Waals surface area contributed by atoms with E-state index in [1.54, 1.807) is 0 Å². The van der Waals surface area contributed by atoms with E-state index < -0.39 is 40.0 Å². The van der Waals surface area contributed by atoms with Crippen molar-refractivity contribution >= 4 is 44.9 Å². The van der Waals surface area contributed by atoms with Crippen LogP contribution >= 0.6 is 23.5 Å². The average Bonchev–Trinajstić information content (AvgIpc) is 3.26. The second kappa shape index (κ2) is 8.61. The van der Waals surface area contributed by atoms with Gasteiger partial charge in [0, 0.05) is 36.1 Å². The molecule has 1 aliphatic rings. The molecule has 3 rings (SSSR count). The van der Waals surface area contributed by atoms with Crippen LogP contribution < -0.4 is 0 Å². The van der Waals surface area contributed by atoms with Crippen LogP contribution in [0.2, 0.25) is 0 Å². The minimum atomic E-state index is -5.72. The molecule has 0 radical (unpaired) electrons. The molecule has 0 aromatic carbocycles. The predicted molar refractivity (Wildman–Crippen MR) is 112 cm³/mol. The fourth-order valence-corrected chi connectivity index (χ4v) is 4.48. The number of alkyl halides is 6. The first-order valence-electron chi connectivity index (χ1n) is 9.46. The van der Waals surface area contributed by atoms with Crippen LogP contribution in [0.1, 0.15) is 48.0 Å². The zero-order valence-corrected chi connectivity index (χ0v) is 19.4. The number of halogens is 6. The summed E-state index contributed by atoms with van der Waals surface area (Å²) in [5.41, 5.74) is -4.34. The van der Waals surface area contributed by atoms with Crippen LogP contribution in [0.4, 0.5) is 26.3 Å². The largest absolute Gasteiger partial charge is 0.465 e. The summed E-state index contributed by atoms with van der Waals surface area (Å²) in [6.07, 6.45) is 0. The first kappa shape index (κ1) is 25.5. The van der Waals surface area contributed by atoms with Gasteiger partial charge >= 0.3 is 17.8 Å². The summed E-state index contributed by atoms with van der Waals surface area (Å²) < 4.78 is 99.2. The Labute approximate surface area is 193 Å². The standard InChI is InChI=1S/C21H18F6O4S2/c1-9-15(5-13(30-9)7-32-11(3)28)17-18(20(24,25)21(26,27)19(17,22)23)16-6-14(31-10(16)2)8-33-12(4)29/h5-6H,7-8H2,1-4H3. The first-order valence-corrected chi connectivity index (χ1v) is 11.4. The second-order valence-electron chi connectivity index (χ2n) is 7.40. The normalized spacial score (nSPS) is 18.7. The number of carbonyl (C=O) groups is 2. The summed E-state index contributed by atoms with van der Waals surface area (Å²) in [6.45, 7) is 4.89. The van der Waals surface area contributed by atoms with E-state index in [1.165, 1.54) is 27.7 Å². The minimum absolute atomic E-state index is 0.00801. The van der Waals surface area contributed by atoms with Gasteiger partial charge in [0.2, 0.25) is 0 Å². The Morgan fingerprint density at radius 2 is 1.09 bits per heavy atom. The average molecular weight is 512 g/mol. The summed E-state index contributed by atoms with van der Waals surface area (Å²) in [7, 11) is 0. The molecule has 0 fully saturated rings. The summed E-state index contributed by atoms with van der Waals surface area (Å²) in [4.78, 5) is 22.3. The van der Waals surface area contributed by atoms with E-state index in [-0.39, 0.29) is 44.8 Å². The highest BCUT2D eigenvalue weighted by atomic mass is 32.2.